The summed E-state index contributed by atoms with van der Waals surface area (Å²) in [5, 5.41) is 3.06. The normalized spacial score (nSPS) is 31.9. The van der Waals surface area contributed by atoms with Crippen LogP contribution in [0, 0.1) is 17.8 Å². The number of rotatable bonds is 6. The zero-order chi connectivity index (χ0) is 11.4. The van der Waals surface area contributed by atoms with E-state index < -0.39 is 0 Å². The van der Waals surface area contributed by atoms with E-state index in [1.54, 1.807) is 0 Å². The second kappa shape index (κ2) is 5.70. The van der Waals surface area contributed by atoms with Crippen LogP contribution in [0.5, 0.6) is 0 Å². The highest BCUT2D eigenvalue weighted by Gasteiger charge is 2.39. The largest absolute Gasteiger partial charge is 0.356 e. The maximum Gasteiger partial charge on any atom is 0.220 e. The number of unbranched alkanes of at least 4 members (excludes halogenated alkanes) is 2. The smallest absolute Gasteiger partial charge is 0.220 e. The molecule has 2 aliphatic carbocycles. The average molecular weight is 223 g/mol. The van der Waals surface area contributed by atoms with Crippen molar-refractivity contribution in [3.63, 3.8) is 0 Å². The molecule has 0 aromatic rings. The van der Waals surface area contributed by atoms with Gasteiger partial charge in [0.2, 0.25) is 5.91 Å². The van der Waals surface area contributed by atoms with Gasteiger partial charge in [0.1, 0.15) is 0 Å². The number of amides is 1. The maximum absolute atomic E-state index is 11.7. The lowest BCUT2D eigenvalue weighted by Gasteiger charge is -2.20. The van der Waals surface area contributed by atoms with E-state index in [4.69, 9.17) is 0 Å². The molecule has 92 valence electrons. The minimum atomic E-state index is 0.300. The highest BCUT2D eigenvalue weighted by Crippen LogP contribution is 2.49. The van der Waals surface area contributed by atoms with Gasteiger partial charge in [-0.1, -0.05) is 26.2 Å². The monoisotopic (exact) mass is 223 g/mol. The molecule has 16 heavy (non-hydrogen) atoms. The number of hydrogen-bond donors (Lipinski definition) is 1. The molecule has 0 aliphatic heterocycles. The summed E-state index contributed by atoms with van der Waals surface area (Å²) in [6, 6.07) is 0. The van der Waals surface area contributed by atoms with E-state index in [1.807, 2.05) is 0 Å². The standard InChI is InChI=1S/C14H25NO/c1-2-3-4-7-15-14(16)10-13-9-11-5-6-12(13)8-11/h11-13H,2-10H2,1H3,(H,15,16). The lowest BCUT2D eigenvalue weighted by molar-refractivity contribution is -0.122. The molecule has 3 atom stereocenters. The van der Waals surface area contributed by atoms with E-state index in [1.165, 1.54) is 38.5 Å². The molecule has 0 aromatic carbocycles. The first-order valence-corrected chi connectivity index (χ1v) is 7.06. The molecule has 3 unspecified atom stereocenters. The Hall–Kier alpha value is -0.530. The minimum Gasteiger partial charge on any atom is -0.356 e. The van der Waals surface area contributed by atoms with E-state index in [0.29, 0.717) is 11.8 Å². The topological polar surface area (TPSA) is 29.1 Å². The average Bonchev–Trinajstić information content (AvgIpc) is 2.86. The lowest BCUT2D eigenvalue weighted by Crippen LogP contribution is -2.28. The van der Waals surface area contributed by atoms with E-state index >= 15 is 0 Å². The third-order valence-corrected chi connectivity index (χ3v) is 4.43. The molecule has 2 saturated carbocycles. The van der Waals surface area contributed by atoms with Gasteiger partial charge in [-0.25, -0.2) is 0 Å². The molecule has 2 bridgehead atoms. The van der Waals surface area contributed by atoms with Gasteiger partial charge in [-0.05, 0) is 43.4 Å². The molecular weight excluding hydrogens is 198 g/mol. The predicted molar refractivity (Wildman–Crippen MR) is 66.1 cm³/mol. The second-order valence-electron chi connectivity index (χ2n) is 5.70. The van der Waals surface area contributed by atoms with Crippen LogP contribution in [0.25, 0.3) is 0 Å². The molecule has 0 spiro atoms. The van der Waals surface area contributed by atoms with Crippen LogP contribution in [-0.2, 0) is 4.79 Å². The number of hydrogen-bond acceptors (Lipinski definition) is 1. The maximum atomic E-state index is 11.7. The number of carbonyl (C=O) groups is 1. The molecule has 0 radical (unpaired) electrons. The summed E-state index contributed by atoms with van der Waals surface area (Å²) in [5.74, 6) is 2.85. The van der Waals surface area contributed by atoms with E-state index in [0.717, 1.165) is 31.2 Å². The van der Waals surface area contributed by atoms with Gasteiger partial charge in [0.05, 0.1) is 0 Å². The Morgan fingerprint density at radius 2 is 2.12 bits per heavy atom. The Morgan fingerprint density at radius 3 is 2.75 bits per heavy atom. The van der Waals surface area contributed by atoms with Crippen LogP contribution >= 0.6 is 0 Å². The summed E-state index contributed by atoms with van der Waals surface area (Å²) >= 11 is 0. The van der Waals surface area contributed by atoms with Crippen molar-refractivity contribution in [2.24, 2.45) is 17.8 Å². The number of carbonyl (C=O) groups excluding carboxylic acids is 1. The Balaban J connectivity index is 1.60. The summed E-state index contributed by atoms with van der Waals surface area (Å²) in [7, 11) is 0. The Bertz CT molecular complexity index is 239. The molecule has 2 heteroatoms. The van der Waals surface area contributed by atoms with Crippen molar-refractivity contribution in [1.82, 2.24) is 5.32 Å². The zero-order valence-corrected chi connectivity index (χ0v) is 10.5. The molecule has 2 fully saturated rings. The van der Waals surface area contributed by atoms with Crippen molar-refractivity contribution >= 4 is 5.91 Å². The van der Waals surface area contributed by atoms with Crippen LogP contribution < -0.4 is 5.32 Å². The SMILES string of the molecule is CCCCCNC(=O)CC1CC2CCC1C2. The van der Waals surface area contributed by atoms with Gasteiger partial charge >= 0.3 is 0 Å². The fraction of sp³-hybridized carbons (Fsp3) is 0.929. The van der Waals surface area contributed by atoms with Gasteiger partial charge in [-0.15, -0.1) is 0 Å². The molecule has 2 aliphatic rings. The first-order valence-electron chi connectivity index (χ1n) is 7.06. The molecule has 0 aromatic heterocycles. The Labute approximate surface area is 99.2 Å². The molecule has 1 N–H and O–H groups in total. The van der Waals surface area contributed by atoms with Crippen molar-refractivity contribution in [3.8, 4) is 0 Å². The van der Waals surface area contributed by atoms with Crippen LogP contribution in [0.3, 0.4) is 0 Å². The van der Waals surface area contributed by atoms with Gasteiger partial charge in [-0.3, -0.25) is 4.79 Å². The summed E-state index contributed by atoms with van der Waals surface area (Å²) in [6.07, 6.45) is 9.95. The fourth-order valence-electron chi connectivity index (χ4n) is 3.54. The van der Waals surface area contributed by atoms with Gasteiger partial charge < -0.3 is 5.32 Å². The lowest BCUT2D eigenvalue weighted by atomic mass is 9.86. The summed E-state index contributed by atoms with van der Waals surface area (Å²) < 4.78 is 0. The second-order valence-corrected chi connectivity index (χ2v) is 5.70. The minimum absolute atomic E-state index is 0.300. The van der Waals surface area contributed by atoms with Crippen LogP contribution in [0.1, 0.15) is 58.3 Å². The molecular formula is C14H25NO. The van der Waals surface area contributed by atoms with E-state index in [-0.39, 0.29) is 0 Å². The van der Waals surface area contributed by atoms with Crippen molar-refractivity contribution < 1.29 is 4.79 Å². The third-order valence-electron chi connectivity index (χ3n) is 4.43. The van der Waals surface area contributed by atoms with Crippen molar-refractivity contribution in [2.45, 2.75) is 58.3 Å². The highest BCUT2D eigenvalue weighted by molar-refractivity contribution is 5.76. The van der Waals surface area contributed by atoms with Gasteiger partial charge in [0, 0.05) is 13.0 Å². The first-order chi connectivity index (χ1) is 7.79. The van der Waals surface area contributed by atoms with Crippen LogP contribution in [0.2, 0.25) is 0 Å². The van der Waals surface area contributed by atoms with Gasteiger partial charge in [-0.2, -0.15) is 0 Å². The molecule has 0 heterocycles. The molecule has 1 amide bonds. The van der Waals surface area contributed by atoms with Crippen LogP contribution in [0.15, 0.2) is 0 Å². The molecule has 2 rings (SSSR count). The van der Waals surface area contributed by atoms with Crippen LogP contribution in [-0.4, -0.2) is 12.5 Å². The van der Waals surface area contributed by atoms with Crippen molar-refractivity contribution in [1.29, 1.82) is 0 Å². The van der Waals surface area contributed by atoms with E-state index in [9.17, 15) is 4.79 Å². The highest BCUT2D eigenvalue weighted by atomic mass is 16.1. The Morgan fingerprint density at radius 1 is 1.25 bits per heavy atom. The zero-order valence-electron chi connectivity index (χ0n) is 10.5. The summed E-state index contributed by atoms with van der Waals surface area (Å²) in [6.45, 7) is 3.07. The Kier molecular flexibility index (Phi) is 4.25. The van der Waals surface area contributed by atoms with Crippen molar-refractivity contribution in [3.05, 3.63) is 0 Å². The molecule has 0 saturated heterocycles. The first kappa shape index (κ1) is 11.9. The summed E-state index contributed by atoms with van der Waals surface area (Å²) in [5.41, 5.74) is 0. The van der Waals surface area contributed by atoms with Gasteiger partial charge in [0.25, 0.3) is 0 Å². The van der Waals surface area contributed by atoms with E-state index in [2.05, 4.69) is 12.2 Å². The van der Waals surface area contributed by atoms with Crippen molar-refractivity contribution in [2.75, 3.05) is 6.54 Å². The predicted octanol–water partition coefficient (Wildman–Crippen LogP) is 3.12. The molecule has 2 nitrogen and oxygen atoms in total. The number of nitrogens with one attached hydrogen (secondary N) is 1. The van der Waals surface area contributed by atoms with Crippen LogP contribution in [0.4, 0.5) is 0 Å². The quantitative estimate of drug-likeness (QED) is 0.689. The number of fused-ring (bicyclic) bond motifs is 2. The van der Waals surface area contributed by atoms with Gasteiger partial charge in [0.15, 0.2) is 0 Å². The third kappa shape index (κ3) is 2.99. The fourth-order valence-corrected chi connectivity index (χ4v) is 3.54. The summed E-state index contributed by atoms with van der Waals surface area (Å²) in [4.78, 5) is 11.7.